The minimum Gasteiger partial charge on any atom is -0.368 e. The van der Waals surface area contributed by atoms with Gasteiger partial charge in [0.25, 0.3) is 0 Å². The first kappa shape index (κ1) is 10.2. The van der Waals surface area contributed by atoms with Crippen LogP contribution < -0.4 is 5.32 Å². The van der Waals surface area contributed by atoms with Gasteiger partial charge in [-0.15, -0.1) is 11.6 Å². The smallest absolute Gasteiger partial charge is 0.157 e. The zero-order valence-corrected chi connectivity index (χ0v) is 9.49. The maximum absolute atomic E-state index is 5.88. The van der Waals surface area contributed by atoms with Gasteiger partial charge in [0.15, 0.2) is 5.65 Å². The average Bonchev–Trinajstić information content (AvgIpc) is 2.61. The lowest BCUT2D eigenvalue weighted by atomic mass is 10.3. The summed E-state index contributed by atoms with van der Waals surface area (Å²) in [4.78, 5) is 4.15. The predicted molar refractivity (Wildman–Crippen MR) is 61.5 cm³/mol. The van der Waals surface area contributed by atoms with Crippen molar-refractivity contribution in [3.8, 4) is 0 Å². The molecule has 4 nitrogen and oxygen atoms in total. The van der Waals surface area contributed by atoms with E-state index >= 15 is 0 Å². The maximum Gasteiger partial charge on any atom is 0.157 e. The van der Waals surface area contributed by atoms with Gasteiger partial charge in [-0.3, -0.25) is 0 Å². The number of aryl methyl sites for hydroxylation is 1. The first-order valence-electron chi connectivity index (χ1n) is 4.85. The molecule has 0 bridgehead atoms. The molecule has 0 aliphatic heterocycles. The molecule has 0 saturated heterocycles. The summed E-state index contributed by atoms with van der Waals surface area (Å²) in [7, 11) is 0. The van der Waals surface area contributed by atoms with Gasteiger partial charge in [0.1, 0.15) is 12.1 Å². The number of nitrogens with zero attached hydrogens (tertiary/aromatic N) is 3. The van der Waals surface area contributed by atoms with Crippen LogP contribution >= 0.6 is 11.6 Å². The molecule has 80 valence electrons. The number of fused-ring (bicyclic) bond motifs is 1. The Morgan fingerprint density at radius 1 is 1.53 bits per heavy atom. The normalized spacial score (nSPS) is 13.0. The van der Waals surface area contributed by atoms with Gasteiger partial charge in [-0.1, -0.05) is 0 Å². The highest BCUT2D eigenvalue weighted by atomic mass is 35.5. The molecule has 2 heterocycles. The number of alkyl halides is 1. The molecule has 2 rings (SSSR count). The number of nitrogens with one attached hydrogen (secondary N) is 1. The minimum atomic E-state index is 0.0871. The summed E-state index contributed by atoms with van der Waals surface area (Å²) in [6.45, 7) is 4.69. The molecule has 5 heteroatoms. The molecule has 0 spiro atoms. The molecule has 2 aromatic heterocycles. The largest absolute Gasteiger partial charge is 0.368 e. The monoisotopic (exact) mass is 224 g/mol. The Hall–Kier alpha value is -1.29. The molecule has 0 amide bonds. The van der Waals surface area contributed by atoms with Crippen LogP contribution in [0.15, 0.2) is 18.5 Å². The number of rotatable bonds is 3. The van der Waals surface area contributed by atoms with E-state index in [2.05, 4.69) is 15.4 Å². The molecular weight excluding hydrogens is 212 g/mol. The standard InChI is InChI=1S/C10H13ClN4/c1-7-3-9(12-5-8(2)11)15-10(4-7)13-6-14-15/h3-4,6,8,12H,5H2,1-2H3. The summed E-state index contributed by atoms with van der Waals surface area (Å²) in [5.41, 5.74) is 2.00. The molecule has 15 heavy (non-hydrogen) atoms. The first-order valence-corrected chi connectivity index (χ1v) is 5.29. The van der Waals surface area contributed by atoms with Crippen LogP contribution in [0.25, 0.3) is 5.65 Å². The summed E-state index contributed by atoms with van der Waals surface area (Å²) in [6, 6.07) is 4.02. The molecule has 1 unspecified atom stereocenters. The third-order valence-corrected chi connectivity index (χ3v) is 2.24. The highest BCUT2D eigenvalue weighted by Crippen LogP contribution is 2.13. The number of hydrogen-bond donors (Lipinski definition) is 1. The van der Waals surface area contributed by atoms with E-state index < -0.39 is 0 Å². The zero-order valence-electron chi connectivity index (χ0n) is 8.74. The van der Waals surface area contributed by atoms with Gasteiger partial charge >= 0.3 is 0 Å². The van der Waals surface area contributed by atoms with Crippen molar-refractivity contribution in [1.82, 2.24) is 14.6 Å². The SMILES string of the molecule is Cc1cc(NCC(C)Cl)n2ncnc2c1. The van der Waals surface area contributed by atoms with Gasteiger partial charge in [-0.05, 0) is 31.5 Å². The van der Waals surface area contributed by atoms with E-state index in [1.165, 1.54) is 0 Å². The second-order valence-corrected chi connectivity index (χ2v) is 4.35. The molecule has 0 radical (unpaired) electrons. The molecule has 0 aliphatic rings. The van der Waals surface area contributed by atoms with Crippen LogP contribution in [0.1, 0.15) is 12.5 Å². The van der Waals surface area contributed by atoms with Crippen LogP contribution in [0, 0.1) is 6.92 Å². The highest BCUT2D eigenvalue weighted by Gasteiger charge is 2.04. The molecular formula is C10H13ClN4. The lowest BCUT2D eigenvalue weighted by Crippen LogP contribution is -2.13. The van der Waals surface area contributed by atoms with E-state index in [9.17, 15) is 0 Å². The second kappa shape index (κ2) is 4.06. The third kappa shape index (κ3) is 2.21. The highest BCUT2D eigenvalue weighted by molar-refractivity contribution is 6.20. The number of anilines is 1. The quantitative estimate of drug-likeness (QED) is 0.812. The van der Waals surface area contributed by atoms with E-state index in [0.29, 0.717) is 6.54 Å². The fourth-order valence-corrected chi connectivity index (χ4v) is 1.50. The van der Waals surface area contributed by atoms with E-state index in [1.54, 1.807) is 10.8 Å². The zero-order chi connectivity index (χ0) is 10.8. The molecule has 2 aromatic rings. The van der Waals surface area contributed by atoms with Gasteiger partial charge in [0.05, 0.1) is 0 Å². The van der Waals surface area contributed by atoms with Crippen LogP contribution in [0.3, 0.4) is 0 Å². The molecule has 1 N–H and O–H groups in total. The minimum absolute atomic E-state index is 0.0871. The van der Waals surface area contributed by atoms with Gasteiger partial charge in [-0.25, -0.2) is 4.98 Å². The molecule has 1 atom stereocenters. The van der Waals surface area contributed by atoms with Crippen molar-refractivity contribution >= 4 is 23.1 Å². The maximum atomic E-state index is 5.88. The third-order valence-electron chi connectivity index (χ3n) is 2.09. The Morgan fingerprint density at radius 2 is 2.33 bits per heavy atom. The van der Waals surface area contributed by atoms with Crippen LogP contribution in [-0.4, -0.2) is 26.5 Å². The van der Waals surface area contributed by atoms with Gasteiger partial charge in [0, 0.05) is 11.9 Å². The van der Waals surface area contributed by atoms with Gasteiger partial charge in [-0.2, -0.15) is 9.61 Å². The van der Waals surface area contributed by atoms with Crippen molar-refractivity contribution in [2.75, 3.05) is 11.9 Å². The summed E-state index contributed by atoms with van der Waals surface area (Å²) >= 11 is 5.88. The van der Waals surface area contributed by atoms with Gasteiger partial charge in [0.2, 0.25) is 0 Å². The average molecular weight is 225 g/mol. The predicted octanol–water partition coefficient (Wildman–Crippen LogP) is 2.08. The number of halogens is 1. The van der Waals surface area contributed by atoms with E-state index in [0.717, 1.165) is 17.0 Å². The summed E-state index contributed by atoms with van der Waals surface area (Å²) < 4.78 is 1.77. The fraction of sp³-hybridized carbons (Fsp3) is 0.400. The second-order valence-electron chi connectivity index (χ2n) is 3.61. The van der Waals surface area contributed by atoms with Crippen molar-refractivity contribution in [2.45, 2.75) is 19.2 Å². The Bertz CT molecular complexity index is 463. The fourth-order valence-electron chi connectivity index (χ4n) is 1.43. The Labute approximate surface area is 93.3 Å². The van der Waals surface area contributed by atoms with Crippen LogP contribution in [0.5, 0.6) is 0 Å². The molecule has 0 fully saturated rings. The lowest BCUT2D eigenvalue weighted by molar-refractivity contribution is 0.916. The summed E-state index contributed by atoms with van der Waals surface area (Å²) in [5.74, 6) is 0.926. The summed E-state index contributed by atoms with van der Waals surface area (Å²) in [5, 5.41) is 7.47. The van der Waals surface area contributed by atoms with Gasteiger partial charge < -0.3 is 5.32 Å². The molecule has 0 saturated carbocycles. The number of pyridine rings is 1. The van der Waals surface area contributed by atoms with E-state index in [-0.39, 0.29) is 5.38 Å². The van der Waals surface area contributed by atoms with E-state index in [4.69, 9.17) is 11.6 Å². The van der Waals surface area contributed by atoms with Crippen molar-refractivity contribution in [3.63, 3.8) is 0 Å². The number of hydrogen-bond acceptors (Lipinski definition) is 3. The Kier molecular flexibility index (Phi) is 2.77. The lowest BCUT2D eigenvalue weighted by Gasteiger charge is -2.09. The Balaban J connectivity index is 2.35. The van der Waals surface area contributed by atoms with Crippen LogP contribution in [-0.2, 0) is 0 Å². The van der Waals surface area contributed by atoms with Crippen molar-refractivity contribution < 1.29 is 0 Å². The van der Waals surface area contributed by atoms with Crippen LogP contribution in [0.2, 0.25) is 0 Å². The summed E-state index contributed by atoms with van der Waals surface area (Å²) in [6.07, 6.45) is 1.55. The van der Waals surface area contributed by atoms with Crippen LogP contribution in [0.4, 0.5) is 5.82 Å². The first-order chi connectivity index (χ1) is 7.16. The van der Waals surface area contributed by atoms with Crippen molar-refractivity contribution in [2.24, 2.45) is 0 Å². The molecule has 0 aliphatic carbocycles. The molecule has 0 aromatic carbocycles. The van der Waals surface area contributed by atoms with Crippen molar-refractivity contribution in [3.05, 3.63) is 24.0 Å². The van der Waals surface area contributed by atoms with E-state index in [1.807, 2.05) is 26.0 Å². The van der Waals surface area contributed by atoms with Crippen molar-refractivity contribution in [1.29, 1.82) is 0 Å². The number of aromatic nitrogens is 3. The topological polar surface area (TPSA) is 42.2 Å². The Morgan fingerprint density at radius 3 is 3.07 bits per heavy atom.